The van der Waals surface area contributed by atoms with Crippen LogP contribution in [0.1, 0.15) is 11.4 Å². The van der Waals surface area contributed by atoms with Gasteiger partial charge >= 0.3 is 0 Å². The molecule has 0 N–H and O–H groups in total. The van der Waals surface area contributed by atoms with Crippen LogP contribution in [0.2, 0.25) is 5.15 Å². The minimum Gasteiger partial charge on any atom is -0.303 e. The Morgan fingerprint density at radius 2 is 2.07 bits per heavy atom. The van der Waals surface area contributed by atoms with Gasteiger partial charge in [-0.25, -0.2) is 9.97 Å². The summed E-state index contributed by atoms with van der Waals surface area (Å²) in [6.07, 6.45) is 3.47. The van der Waals surface area contributed by atoms with Gasteiger partial charge in [-0.15, -0.1) is 0 Å². The largest absolute Gasteiger partial charge is 0.303 e. The maximum absolute atomic E-state index is 5.81. The minimum atomic E-state index is 0.494. The van der Waals surface area contributed by atoms with Gasteiger partial charge in [0.1, 0.15) is 5.15 Å². The molecule has 0 radical (unpaired) electrons. The number of nitrogens with zero attached hydrogens (tertiary/aromatic N) is 3. The Bertz CT molecular complexity index is 462. The average molecular weight is 208 g/mol. The standard InChI is InChI=1S/C10H10ClN3/c1-7-8(2)14(6-13-7)9-3-4-12-10(11)5-9/h3-6H,1-2H3. The van der Waals surface area contributed by atoms with Gasteiger partial charge in [0.05, 0.1) is 17.7 Å². The van der Waals surface area contributed by atoms with Crippen molar-refractivity contribution in [3.05, 3.63) is 41.2 Å². The molecule has 0 amide bonds. The molecule has 0 aliphatic rings. The van der Waals surface area contributed by atoms with Crippen molar-refractivity contribution in [3.63, 3.8) is 0 Å². The molecule has 0 spiro atoms. The van der Waals surface area contributed by atoms with Crippen LogP contribution in [0.5, 0.6) is 0 Å². The lowest BCUT2D eigenvalue weighted by atomic mass is 10.3. The summed E-state index contributed by atoms with van der Waals surface area (Å²) >= 11 is 5.81. The van der Waals surface area contributed by atoms with E-state index in [1.807, 2.05) is 30.5 Å². The fourth-order valence-electron chi connectivity index (χ4n) is 1.30. The van der Waals surface area contributed by atoms with Crippen LogP contribution in [0.15, 0.2) is 24.7 Å². The van der Waals surface area contributed by atoms with E-state index in [1.165, 1.54) is 0 Å². The van der Waals surface area contributed by atoms with E-state index in [1.54, 1.807) is 12.5 Å². The summed E-state index contributed by atoms with van der Waals surface area (Å²) in [6.45, 7) is 4.01. The zero-order chi connectivity index (χ0) is 10.1. The number of aryl methyl sites for hydroxylation is 1. The first-order valence-corrected chi connectivity index (χ1v) is 4.69. The number of hydrogen-bond donors (Lipinski definition) is 0. The highest BCUT2D eigenvalue weighted by atomic mass is 35.5. The van der Waals surface area contributed by atoms with Gasteiger partial charge in [-0.1, -0.05) is 11.6 Å². The van der Waals surface area contributed by atoms with Gasteiger partial charge in [-0.3, -0.25) is 0 Å². The Morgan fingerprint density at radius 1 is 1.29 bits per heavy atom. The molecule has 2 aromatic heterocycles. The van der Waals surface area contributed by atoms with E-state index < -0.39 is 0 Å². The molecule has 72 valence electrons. The highest BCUT2D eigenvalue weighted by Crippen LogP contribution is 2.15. The second-order valence-corrected chi connectivity index (χ2v) is 3.51. The minimum absolute atomic E-state index is 0.494. The first-order valence-electron chi connectivity index (χ1n) is 4.31. The Labute approximate surface area is 87.4 Å². The molecule has 0 saturated heterocycles. The van der Waals surface area contributed by atoms with Gasteiger partial charge in [0.15, 0.2) is 0 Å². The molecule has 0 aliphatic carbocycles. The van der Waals surface area contributed by atoms with E-state index in [4.69, 9.17) is 11.6 Å². The van der Waals surface area contributed by atoms with E-state index in [0.29, 0.717) is 5.15 Å². The summed E-state index contributed by atoms with van der Waals surface area (Å²) in [7, 11) is 0. The third-order valence-electron chi connectivity index (χ3n) is 2.24. The lowest BCUT2D eigenvalue weighted by Gasteiger charge is -2.04. The van der Waals surface area contributed by atoms with Crippen molar-refractivity contribution in [2.24, 2.45) is 0 Å². The number of aromatic nitrogens is 3. The fraction of sp³-hybridized carbons (Fsp3) is 0.200. The zero-order valence-electron chi connectivity index (χ0n) is 8.03. The van der Waals surface area contributed by atoms with E-state index >= 15 is 0 Å². The highest BCUT2D eigenvalue weighted by molar-refractivity contribution is 6.29. The second kappa shape index (κ2) is 3.42. The predicted octanol–water partition coefficient (Wildman–Crippen LogP) is 2.54. The molecule has 0 bridgehead atoms. The van der Waals surface area contributed by atoms with Crippen LogP contribution in [0.25, 0.3) is 5.69 Å². The SMILES string of the molecule is Cc1ncn(-c2ccnc(Cl)c2)c1C. The topological polar surface area (TPSA) is 30.7 Å². The lowest BCUT2D eigenvalue weighted by Crippen LogP contribution is -1.95. The van der Waals surface area contributed by atoms with Crippen molar-refractivity contribution in [2.45, 2.75) is 13.8 Å². The molecule has 0 aliphatic heterocycles. The summed E-state index contributed by atoms with van der Waals surface area (Å²) in [6, 6.07) is 3.72. The van der Waals surface area contributed by atoms with Crippen molar-refractivity contribution in [1.82, 2.24) is 14.5 Å². The molecule has 4 heteroatoms. The number of pyridine rings is 1. The summed E-state index contributed by atoms with van der Waals surface area (Å²) in [4.78, 5) is 8.16. The zero-order valence-corrected chi connectivity index (χ0v) is 8.78. The van der Waals surface area contributed by atoms with Crippen molar-refractivity contribution < 1.29 is 0 Å². The first kappa shape index (κ1) is 9.21. The summed E-state index contributed by atoms with van der Waals surface area (Å²) in [5.41, 5.74) is 3.13. The first-order chi connectivity index (χ1) is 6.68. The molecule has 0 atom stereocenters. The van der Waals surface area contributed by atoms with Crippen LogP contribution in [0.4, 0.5) is 0 Å². The third-order valence-corrected chi connectivity index (χ3v) is 2.45. The lowest BCUT2D eigenvalue weighted by molar-refractivity contribution is 0.995. The molecular formula is C10H10ClN3. The molecule has 0 saturated carbocycles. The summed E-state index contributed by atoms with van der Waals surface area (Å²) in [5.74, 6) is 0. The maximum atomic E-state index is 5.81. The van der Waals surface area contributed by atoms with Gasteiger partial charge in [-0.2, -0.15) is 0 Å². The van der Waals surface area contributed by atoms with Crippen LogP contribution >= 0.6 is 11.6 Å². The van der Waals surface area contributed by atoms with Gasteiger partial charge in [0, 0.05) is 11.9 Å². The van der Waals surface area contributed by atoms with Crippen molar-refractivity contribution in [3.8, 4) is 5.69 Å². The van der Waals surface area contributed by atoms with Gasteiger partial charge < -0.3 is 4.57 Å². The molecule has 2 heterocycles. The monoisotopic (exact) mass is 207 g/mol. The normalized spacial score (nSPS) is 10.5. The molecule has 14 heavy (non-hydrogen) atoms. The Hall–Kier alpha value is -1.35. The molecule has 2 rings (SSSR count). The van der Waals surface area contributed by atoms with Crippen molar-refractivity contribution >= 4 is 11.6 Å². The molecular weight excluding hydrogens is 198 g/mol. The number of rotatable bonds is 1. The number of halogens is 1. The fourth-order valence-corrected chi connectivity index (χ4v) is 1.47. The van der Waals surface area contributed by atoms with Crippen LogP contribution in [-0.2, 0) is 0 Å². The number of imidazole rings is 1. The average Bonchev–Trinajstić information content (AvgIpc) is 2.48. The Morgan fingerprint density at radius 3 is 2.64 bits per heavy atom. The molecule has 3 nitrogen and oxygen atoms in total. The van der Waals surface area contributed by atoms with Gasteiger partial charge in [0.25, 0.3) is 0 Å². The van der Waals surface area contributed by atoms with E-state index in [2.05, 4.69) is 9.97 Å². The van der Waals surface area contributed by atoms with Gasteiger partial charge in [0.2, 0.25) is 0 Å². The van der Waals surface area contributed by atoms with E-state index in [-0.39, 0.29) is 0 Å². The highest BCUT2D eigenvalue weighted by Gasteiger charge is 2.04. The quantitative estimate of drug-likeness (QED) is 0.673. The van der Waals surface area contributed by atoms with Crippen molar-refractivity contribution in [1.29, 1.82) is 0 Å². The molecule has 2 aromatic rings. The smallest absolute Gasteiger partial charge is 0.131 e. The van der Waals surface area contributed by atoms with Crippen LogP contribution in [0, 0.1) is 13.8 Å². The maximum Gasteiger partial charge on any atom is 0.131 e. The number of hydrogen-bond acceptors (Lipinski definition) is 2. The van der Waals surface area contributed by atoms with Crippen LogP contribution < -0.4 is 0 Å². The second-order valence-electron chi connectivity index (χ2n) is 3.12. The van der Waals surface area contributed by atoms with Crippen LogP contribution in [-0.4, -0.2) is 14.5 Å². The summed E-state index contributed by atoms with van der Waals surface area (Å²) < 4.78 is 1.99. The Balaban J connectivity index is 2.55. The Kier molecular flexibility index (Phi) is 2.25. The van der Waals surface area contributed by atoms with E-state index in [0.717, 1.165) is 17.1 Å². The molecule has 0 aromatic carbocycles. The predicted molar refractivity (Wildman–Crippen MR) is 55.8 cm³/mol. The van der Waals surface area contributed by atoms with Crippen molar-refractivity contribution in [2.75, 3.05) is 0 Å². The van der Waals surface area contributed by atoms with Gasteiger partial charge in [-0.05, 0) is 26.0 Å². The van der Waals surface area contributed by atoms with E-state index in [9.17, 15) is 0 Å². The molecule has 0 unspecified atom stereocenters. The van der Waals surface area contributed by atoms with Crippen LogP contribution in [0.3, 0.4) is 0 Å². The summed E-state index contributed by atoms with van der Waals surface area (Å²) in [5, 5.41) is 0.494. The molecule has 0 fully saturated rings. The third kappa shape index (κ3) is 1.51.